The number of hydrogen-bond donors (Lipinski definition) is 1. The van der Waals surface area contributed by atoms with E-state index in [0.717, 1.165) is 12.1 Å². The van der Waals surface area contributed by atoms with Crippen LogP contribution in [0.15, 0.2) is 29.2 Å². The number of amides is 1. The highest BCUT2D eigenvalue weighted by molar-refractivity contribution is 5.78. The summed E-state index contributed by atoms with van der Waals surface area (Å²) < 4.78 is 1.53. The maximum Gasteiger partial charge on any atom is 0.261 e. The topological polar surface area (TPSA) is 63.5 Å². The minimum atomic E-state index is -0.172. The summed E-state index contributed by atoms with van der Waals surface area (Å²) in [7, 11) is 0. The lowest BCUT2D eigenvalue weighted by molar-refractivity contribution is -0.120. The Hall–Kier alpha value is -2.17. The molecule has 0 spiro atoms. The second-order valence-corrected chi connectivity index (χ2v) is 4.48. The van der Waals surface area contributed by atoms with E-state index < -0.39 is 0 Å². The van der Waals surface area contributed by atoms with E-state index in [1.807, 2.05) is 26.0 Å². The van der Waals surface area contributed by atoms with Gasteiger partial charge in [0.1, 0.15) is 5.65 Å². The van der Waals surface area contributed by atoms with Gasteiger partial charge < -0.3 is 5.32 Å². The summed E-state index contributed by atoms with van der Waals surface area (Å²) in [5.74, 6) is -0.144. The van der Waals surface area contributed by atoms with Crippen molar-refractivity contribution < 1.29 is 4.79 Å². The molecule has 0 atom stereocenters. The fourth-order valence-corrected chi connectivity index (χ4v) is 1.93. The Bertz CT molecular complexity index is 661. The van der Waals surface area contributed by atoms with Crippen molar-refractivity contribution in [2.45, 2.75) is 26.7 Å². The van der Waals surface area contributed by atoms with Crippen molar-refractivity contribution in [3.63, 3.8) is 0 Å². The van der Waals surface area contributed by atoms with Crippen molar-refractivity contribution in [1.82, 2.24) is 14.7 Å². The van der Waals surface area contributed by atoms with E-state index in [1.54, 1.807) is 6.07 Å². The smallest absolute Gasteiger partial charge is 0.261 e. The molecule has 0 aliphatic heterocycles. The molecule has 2 aromatic rings. The third-order valence-electron chi connectivity index (χ3n) is 2.92. The molecule has 0 saturated carbocycles. The number of fused-ring (bicyclic) bond motifs is 1. The Kier molecular flexibility index (Phi) is 3.94. The van der Waals surface area contributed by atoms with Gasteiger partial charge in [-0.05, 0) is 25.5 Å². The molecular weight excluding hydrogens is 242 g/mol. The van der Waals surface area contributed by atoms with Crippen molar-refractivity contribution in [1.29, 1.82) is 0 Å². The Balaban J connectivity index is 2.35. The first-order valence-corrected chi connectivity index (χ1v) is 6.36. The fourth-order valence-electron chi connectivity index (χ4n) is 1.93. The number of rotatable bonds is 4. The van der Waals surface area contributed by atoms with Gasteiger partial charge in [0.15, 0.2) is 0 Å². The quantitative estimate of drug-likeness (QED) is 0.893. The average molecular weight is 259 g/mol. The minimum Gasteiger partial charge on any atom is -0.356 e. The largest absolute Gasteiger partial charge is 0.356 e. The van der Waals surface area contributed by atoms with Crippen LogP contribution in [0, 0.1) is 6.92 Å². The lowest BCUT2D eigenvalue weighted by Gasteiger charge is -2.07. The van der Waals surface area contributed by atoms with Crippen molar-refractivity contribution >= 4 is 11.6 Å². The third kappa shape index (κ3) is 2.81. The highest BCUT2D eigenvalue weighted by Crippen LogP contribution is 2.02. The number of carbonyl (C=O) groups is 1. The summed E-state index contributed by atoms with van der Waals surface area (Å²) in [6, 6.07) is 5.47. The first-order chi connectivity index (χ1) is 9.13. The molecule has 19 heavy (non-hydrogen) atoms. The SMILES string of the molecule is CCCNC(=O)Cc1cnc2cccc(C)n2c1=O. The lowest BCUT2D eigenvalue weighted by atomic mass is 10.2. The summed E-state index contributed by atoms with van der Waals surface area (Å²) in [6.07, 6.45) is 2.44. The standard InChI is InChI=1S/C14H17N3O2/c1-3-7-15-13(18)8-11-9-16-12-6-4-5-10(2)17(12)14(11)19/h4-6,9H,3,7-8H2,1-2H3,(H,15,18). The van der Waals surface area contributed by atoms with Gasteiger partial charge in [0.25, 0.3) is 5.56 Å². The van der Waals surface area contributed by atoms with E-state index in [9.17, 15) is 9.59 Å². The zero-order chi connectivity index (χ0) is 13.8. The second kappa shape index (κ2) is 5.65. The molecule has 5 heteroatoms. The average Bonchev–Trinajstić information content (AvgIpc) is 2.40. The molecular formula is C14H17N3O2. The number of carbonyl (C=O) groups excluding carboxylic acids is 1. The van der Waals surface area contributed by atoms with Crippen LogP contribution in [-0.2, 0) is 11.2 Å². The number of pyridine rings is 1. The van der Waals surface area contributed by atoms with E-state index >= 15 is 0 Å². The van der Waals surface area contributed by atoms with Gasteiger partial charge in [0.05, 0.1) is 6.42 Å². The number of aromatic nitrogens is 2. The van der Waals surface area contributed by atoms with E-state index in [1.165, 1.54) is 10.6 Å². The fraction of sp³-hybridized carbons (Fsp3) is 0.357. The Morgan fingerprint density at radius 2 is 2.21 bits per heavy atom. The molecule has 1 amide bonds. The van der Waals surface area contributed by atoms with E-state index in [0.29, 0.717) is 17.8 Å². The van der Waals surface area contributed by atoms with Crippen LogP contribution in [0.1, 0.15) is 24.6 Å². The predicted octanol–water partition coefficient (Wildman–Crippen LogP) is 1.07. The summed E-state index contributed by atoms with van der Waals surface area (Å²) in [5, 5.41) is 2.76. The first-order valence-electron chi connectivity index (χ1n) is 6.36. The van der Waals surface area contributed by atoms with Crippen molar-refractivity contribution in [2.75, 3.05) is 6.54 Å². The summed E-state index contributed by atoms with van der Waals surface area (Å²) >= 11 is 0. The van der Waals surface area contributed by atoms with Gasteiger partial charge in [-0.15, -0.1) is 0 Å². The van der Waals surface area contributed by atoms with Gasteiger partial charge in [0.2, 0.25) is 5.91 Å². The summed E-state index contributed by atoms with van der Waals surface area (Å²) in [5.41, 5.74) is 1.66. The Labute approximate surface area is 111 Å². The van der Waals surface area contributed by atoms with Crippen LogP contribution in [0.25, 0.3) is 5.65 Å². The van der Waals surface area contributed by atoms with Crippen LogP contribution in [0.5, 0.6) is 0 Å². The molecule has 0 aromatic carbocycles. The van der Waals surface area contributed by atoms with Crippen molar-refractivity contribution in [3.8, 4) is 0 Å². The van der Waals surface area contributed by atoms with Gasteiger partial charge in [-0.1, -0.05) is 13.0 Å². The highest BCUT2D eigenvalue weighted by Gasteiger charge is 2.10. The molecule has 5 nitrogen and oxygen atoms in total. The van der Waals surface area contributed by atoms with Gasteiger partial charge >= 0.3 is 0 Å². The normalized spacial score (nSPS) is 10.6. The van der Waals surface area contributed by atoms with Crippen LogP contribution in [-0.4, -0.2) is 21.8 Å². The van der Waals surface area contributed by atoms with Crippen molar-refractivity contribution in [3.05, 3.63) is 46.0 Å². The predicted molar refractivity (Wildman–Crippen MR) is 73.2 cm³/mol. The molecule has 2 heterocycles. The van der Waals surface area contributed by atoms with Crippen LogP contribution >= 0.6 is 0 Å². The monoisotopic (exact) mass is 259 g/mol. The van der Waals surface area contributed by atoms with E-state index in [2.05, 4.69) is 10.3 Å². The minimum absolute atomic E-state index is 0.0725. The number of aryl methyl sites for hydroxylation is 1. The molecule has 0 fully saturated rings. The van der Waals surface area contributed by atoms with Gasteiger partial charge in [-0.25, -0.2) is 4.98 Å². The maximum absolute atomic E-state index is 12.3. The Morgan fingerprint density at radius 3 is 2.95 bits per heavy atom. The first kappa shape index (κ1) is 13.3. The molecule has 0 aliphatic carbocycles. The Morgan fingerprint density at radius 1 is 1.42 bits per heavy atom. The van der Waals surface area contributed by atoms with Gasteiger partial charge in [-0.3, -0.25) is 14.0 Å². The van der Waals surface area contributed by atoms with E-state index in [4.69, 9.17) is 0 Å². The summed E-state index contributed by atoms with van der Waals surface area (Å²) in [6.45, 7) is 4.45. The van der Waals surface area contributed by atoms with Crippen LogP contribution < -0.4 is 10.9 Å². The zero-order valence-electron chi connectivity index (χ0n) is 11.1. The molecule has 100 valence electrons. The highest BCUT2D eigenvalue weighted by atomic mass is 16.2. The molecule has 0 radical (unpaired) electrons. The molecule has 1 N–H and O–H groups in total. The number of nitrogens with one attached hydrogen (secondary N) is 1. The molecule has 0 aliphatic rings. The van der Waals surface area contributed by atoms with Crippen LogP contribution in [0.2, 0.25) is 0 Å². The molecule has 0 saturated heterocycles. The third-order valence-corrected chi connectivity index (χ3v) is 2.92. The van der Waals surface area contributed by atoms with Crippen molar-refractivity contribution in [2.24, 2.45) is 0 Å². The molecule has 0 unspecified atom stereocenters. The second-order valence-electron chi connectivity index (χ2n) is 4.48. The molecule has 2 rings (SSSR count). The van der Waals surface area contributed by atoms with Crippen LogP contribution in [0.3, 0.4) is 0 Å². The number of nitrogens with zero attached hydrogens (tertiary/aromatic N) is 2. The van der Waals surface area contributed by atoms with E-state index in [-0.39, 0.29) is 17.9 Å². The maximum atomic E-state index is 12.3. The molecule has 2 aromatic heterocycles. The lowest BCUT2D eigenvalue weighted by Crippen LogP contribution is -2.30. The van der Waals surface area contributed by atoms with Gasteiger partial charge in [0, 0.05) is 24.0 Å². The van der Waals surface area contributed by atoms with Gasteiger partial charge in [-0.2, -0.15) is 0 Å². The number of hydrogen-bond acceptors (Lipinski definition) is 3. The van der Waals surface area contributed by atoms with Crippen LogP contribution in [0.4, 0.5) is 0 Å². The summed E-state index contributed by atoms with van der Waals surface area (Å²) in [4.78, 5) is 28.2. The molecule has 0 bridgehead atoms. The zero-order valence-corrected chi connectivity index (χ0v) is 11.1.